The van der Waals surface area contributed by atoms with E-state index >= 15 is 4.39 Å². The zero-order chi connectivity index (χ0) is 39.5. The van der Waals surface area contributed by atoms with Crippen molar-refractivity contribution >= 4 is 35.7 Å². The molecule has 4 aromatic rings. The first kappa shape index (κ1) is 40.4. The molecule has 5 rings (SSSR count). The topological polar surface area (TPSA) is 174 Å². The fourth-order valence-electron chi connectivity index (χ4n) is 5.97. The molecule has 0 saturated carbocycles. The smallest absolute Gasteiger partial charge is 0.339 e. The number of esters is 1. The number of hydrogen-bond acceptors (Lipinski definition) is 10. The third-order valence-electron chi connectivity index (χ3n) is 8.73. The standard InChI is InChI=1S/C39H35F3N4O8S/c1-24(55-30-19-52-36(53-20-30)9-5-3-6-26-11-10-25(18-43)14-33(26)41)39(21-46-23-44-22-45-46,32-13-12-29(40)17-34(32)42)54-38(51)31-8-4-2-7-27(31)15-28(37(49)50)16-35(47)48/h2-14,17,22-24,28,30,36H,15-16,19-21H2,1H3,(H,47,48)(H,49,50)/b6-3+,9-5+/t24-,28?,30?,36?,39-/m1/s1. The molecule has 1 aliphatic rings. The molecule has 55 heavy (non-hydrogen) atoms. The van der Waals surface area contributed by atoms with Crippen molar-refractivity contribution in [3.05, 3.63) is 137 Å². The van der Waals surface area contributed by atoms with Gasteiger partial charge in [0.2, 0.25) is 0 Å². The number of nitrogens with zero attached hydrogens (tertiary/aromatic N) is 4. The number of halogens is 3. The summed E-state index contributed by atoms with van der Waals surface area (Å²) in [6.45, 7) is 1.72. The number of hydrogen-bond donors (Lipinski definition) is 2. The van der Waals surface area contributed by atoms with Crippen molar-refractivity contribution in [3.8, 4) is 6.07 Å². The summed E-state index contributed by atoms with van der Waals surface area (Å²) in [5.41, 5.74) is -1.45. The number of ether oxygens (including phenoxy) is 3. The zero-order valence-corrected chi connectivity index (χ0v) is 30.1. The first-order valence-electron chi connectivity index (χ1n) is 16.9. The number of rotatable bonds is 16. The van der Waals surface area contributed by atoms with E-state index < -0.39 is 64.8 Å². The largest absolute Gasteiger partial charge is 0.481 e. The van der Waals surface area contributed by atoms with Crippen molar-refractivity contribution in [3.63, 3.8) is 0 Å². The number of nitriles is 1. The van der Waals surface area contributed by atoms with Gasteiger partial charge in [-0.3, -0.25) is 9.59 Å². The van der Waals surface area contributed by atoms with Crippen LogP contribution in [0.25, 0.3) is 6.08 Å². The number of aromatic nitrogens is 3. The van der Waals surface area contributed by atoms with E-state index in [1.165, 1.54) is 71.6 Å². The van der Waals surface area contributed by atoms with Gasteiger partial charge < -0.3 is 24.4 Å². The van der Waals surface area contributed by atoms with Gasteiger partial charge in [-0.1, -0.05) is 42.5 Å². The highest BCUT2D eigenvalue weighted by Crippen LogP contribution is 2.42. The number of thioether (sulfide) groups is 1. The van der Waals surface area contributed by atoms with Crippen molar-refractivity contribution in [2.24, 2.45) is 5.92 Å². The minimum absolute atomic E-state index is 0.0724. The van der Waals surface area contributed by atoms with Crippen LogP contribution in [0.4, 0.5) is 13.2 Å². The number of benzene rings is 3. The van der Waals surface area contributed by atoms with Crippen LogP contribution in [0.2, 0.25) is 0 Å². The molecule has 0 aliphatic carbocycles. The third-order valence-corrected chi connectivity index (χ3v) is 10.2. The highest BCUT2D eigenvalue weighted by Gasteiger charge is 2.47. The zero-order valence-electron chi connectivity index (χ0n) is 29.3. The molecule has 2 heterocycles. The minimum Gasteiger partial charge on any atom is -0.481 e. The average Bonchev–Trinajstić information content (AvgIpc) is 3.67. The molecular weight excluding hydrogens is 742 g/mol. The molecule has 1 aliphatic heterocycles. The Kier molecular flexibility index (Phi) is 13.6. The van der Waals surface area contributed by atoms with E-state index in [2.05, 4.69) is 10.1 Å². The summed E-state index contributed by atoms with van der Waals surface area (Å²) in [5.74, 6) is -7.44. The van der Waals surface area contributed by atoms with E-state index in [1.54, 1.807) is 31.2 Å². The highest BCUT2D eigenvalue weighted by atomic mass is 32.2. The van der Waals surface area contributed by atoms with Gasteiger partial charge in [-0.2, -0.15) is 10.4 Å². The van der Waals surface area contributed by atoms with Gasteiger partial charge in [0.1, 0.15) is 30.1 Å². The van der Waals surface area contributed by atoms with Crippen LogP contribution in [0.5, 0.6) is 0 Å². The Morgan fingerprint density at radius 2 is 1.84 bits per heavy atom. The summed E-state index contributed by atoms with van der Waals surface area (Å²) >= 11 is 1.26. The van der Waals surface area contributed by atoms with E-state index in [0.717, 1.165) is 12.1 Å². The normalized spacial score (nSPS) is 18.0. The predicted octanol–water partition coefficient (Wildman–Crippen LogP) is 6.17. The van der Waals surface area contributed by atoms with E-state index in [-0.39, 0.29) is 53.7 Å². The molecule has 2 N–H and O–H groups in total. The number of carboxylic acid groups (broad SMARTS) is 2. The van der Waals surface area contributed by atoms with Gasteiger partial charge in [-0.25, -0.2) is 27.6 Å². The molecule has 1 aromatic heterocycles. The molecule has 0 radical (unpaired) electrons. The lowest BCUT2D eigenvalue weighted by Gasteiger charge is -2.40. The second-order valence-corrected chi connectivity index (χ2v) is 14.2. The second kappa shape index (κ2) is 18.5. The minimum atomic E-state index is -1.89. The first-order chi connectivity index (χ1) is 26.4. The molecule has 1 unspecified atom stereocenters. The Morgan fingerprint density at radius 3 is 2.49 bits per heavy atom. The molecule has 1 saturated heterocycles. The Balaban J connectivity index is 1.39. The summed E-state index contributed by atoms with van der Waals surface area (Å²) in [6, 6.07) is 14.8. The van der Waals surface area contributed by atoms with Crippen molar-refractivity contribution in [1.82, 2.24) is 14.8 Å². The van der Waals surface area contributed by atoms with E-state index in [4.69, 9.17) is 19.5 Å². The number of carbonyl (C=O) groups is 3. The number of carbonyl (C=O) groups excluding carboxylic acids is 1. The van der Waals surface area contributed by atoms with Crippen molar-refractivity contribution in [2.45, 2.75) is 48.7 Å². The Morgan fingerprint density at radius 1 is 1.07 bits per heavy atom. The lowest BCUT2D eigenvalue weighted by Crippen LogP contribution is -2.47. The molecule has 3 aromatic carbocycles. The highest BCUT2D eigenvalue weighted by molar-refractivity contribution is 8.00. The van der Waals surface area contributed by atoms with Crippen molar-refractivity contribution in [1.29, 1.82) is 5.26 Å². The summed E-state index contributed by atoms with van der Waals surface area (Å²) in [6.07, 6.45) is 7.19. The lowest BCUT2D eigenvalue weighted by atomic mass is 9.88. The molecule has 286 valence electrons. The van der Waals surface area contributed by atoms with E-state index in [9.17, 15) is 33.4 Å². The van der Waals surface area contributed by atoms with E-state index in [0.29, 0.717) is 11.6 Å². The molecule has 12 nitrogen and oxygen atoms in total. The van der Waals surface area contributed by atoms with Gasteiger partial charge >= 0.3 is 17.9 Å². The third kappa shape index (κ3) is 10.5. The quantitative estimate of drug-likeness (QED) is 0.0980. The Bertz CT molecular complexity index is 2100. The van der Waals surface area contributed by atoms with Crippen LogP contribution < -0.4 is 0 Å². The van der Waals surface area contributed by atoms with Crippen LogP contribution in [0.3, 0.4) is 0 Å². The maximum Gasteiger partial charge on any atom is 0.339 e. The SMILES string of the molecule is C[C@@H](SC1COC(/C=C/C=C/c2ccc(C#N)cc2F)OC1)[C@@](Cn1cncn1)(OC(=O)c1ccccc1CC(CC(=O)O)C(=O)O)c1ccc(F)cc1F. The Labute approximate surface area is 317 Å². The molecule has 0 amide bonds. The van der Waals surface area contributed by atoms with Crippen molar-refractivity contribution in [2.75, 3.05) is 13.2 Å². The van der Waals surface area contributed by atoms with Crippen LogP contribution in [0.15, 0.2) is 91.5 Å². The second-order valence-electron chi connectivity index (χ2n) is 12.5. The van der Waals surface area contributed by atoms with Gasteiger partial charge in [-0.15, -0.1) is 11.8 Å². The fourth-order valence-corrected chi connectivity index (χ4v) is 7.33. The summed E-state index contributed by atoms with van der Waals surface area (Å²) in [7, 11) is 0. The van der Waals surface area contributed by atoms with Crippen LogP contribution in [-0.2, 0) is 42.4 Å². The van der Waals surface area contributed by atoms with Gasteiger partial charge in [0.05, 0.1) is 54.5 Å². The summed E-state index contributed by atoms with van der Waals surface area (Å²) in [5, 5.41) is 30.9. The molecule has 3 atom stereocenters. The summed E-state index contributed by atoms with van der Waals surface area (Å²) in [4.78, 5) is 41.5. The van der Waals surface area contributed by atoms with Gasteiger partial charge in [0.15, 0.2) is 11.9 Å². The Hall–Kier alpha value is -5.76. The predicted molar refractivity (Wildman–Crippen MR) is 193 cm³/mol. The number of allylic oxidation sites excluding steroid dienone is 2. The molecule has 1 fully saturated rings. The first-order valence-corrected chi connectivity index (χ1v) is 17.8. The van der Waals surface area contributed by atoms with Gasteiger partial charge in [-0.05, 0) is 55.3 Å². The maximum absolute atomic E-state index is 15.9. The van der Waals surface area contributed by atoms with Crippen LogP contribution in [0, 0.1) is 34.7 Å². The molecule has 0 bridgehead atoms. The average molecular weight is 777 g/mol. The van der Waals surface area contributed by atoms with E-state index in [1.807, 2.05) is 6.07 Å². The molecular formula is C39H35F3N4O8S. The fraction of sp³-hybridized carbons (Fsp3) is 0.282. The maximum atomic E-state index is 15.9. The molecule has 16 heteroatoms. The van der Waals surface area contributed by atoms with Crippen LogP contribution in [0.1, 0.15) is 46.0 Å². The van der Waals surface area contributed by atoms with Gasteiger partial charge in [0.25, 0.3) is 0 Å². The monoisotopic (exact) mass is 776 g/mol. The number of aliphatic carboxylic acids is 2. The van der Waals surface area contributed by atoms with Crippen molar-refractivity contribution < 1.29 is 52.0 Å². The van der Waals surface area contributed by atoms with Gasteiger partial charge in [0, 0.05) is 22.4 Å². The molecule has 0 spiro atoms. The summed E-state index contributed by atoms with van der Waals surface area (Å²) < 4.78 is 63.8. The van der Waals surface area contributed by atoms with Crippen LogP contribution in [-0.4, -0.2) is 72.9 Å². The lowest BCUT2D eigenvalue weighted by molar-refractivity contribution is -0.148. The number of carboxylic acids is 2. The van der Waals surface area contributed by atoms with Crippen LogP contribution >= 0.6 is 11.8 Å².